The Labute approximate surface area is 110 Å². The average Bonchev–Trinajstić information content (AvgIpc) is 2.38. The summed E-state index contributed by atoms with van der Waals surface area (Å²) in [5.74, 6) is -0.191. The molecule has 1 heterocycles. The number of rotatable bonds is 5. The van der Waals surface area contributed by atoms with Gasteiger partial charge < -0.3 is 20.7 Å². The lowest BCUT2D eigenvalue weighted by Crippen LogP contribution is -2.20. The van der Waals surface area contributed by atoms with Gasteiger partial charge >= 0.3 is 5.97 Å². The third-order valence-corrected chi connectivity index (χ3v) is 2.73. The van der Waals surface area contributed by atoms with E-state index in [0.717, 1.165) is 0 Å². The van der Waals surface area contributed by atoms with Gasteiger partial charge in [-0.05, 0) is 18.2 Å². The number of esters is 1. The molecule has 0 radical (unpaired) electrons. The van der Waals surface area contributed by atoms with Crippen LogP contribution in [0.15, 0.2) is 12.3 Å². The average molecular weight is 272 g/mol. The van der Waals surface area contributed by atoms with Crippen LogP contribution in [0.3, 0.4) is 0 Å². The minimum Gasteiger partial charge on any atom is -0.465 e. The Hall–Kier alpha value is -1.31. The van der Waals surface area contributed by atoms with Gasteiger partial charge in [0, 0.05) is 11.8 Å². The van der Waals surface area contributed by atoms with Gasteiger partial charge in [0.05, 0.1) is 13.2 Å². The second-order valence-electron chi connectivity index (χ2n) is 3.72. The van der Waals surface area contributed by atoms with Gasteiger partial charge in [0.2, 0.25) is 0 Å². The minimum absolute atomic E-state index is 0.0153. The molecule has 1 aromatic rings. The van der Waals surface area contributed by atoms with Crippen molar-refractivity contribution < 1.29 is 19.7 Å². The molecule has 6 nitrogen and oxygen atoms in total. The summed E-state index contributed by atoms with van der Waals surface area (Å²) in [6.07, 6.45) is -0.483. The molecule has 0 amide bonds. The molecule has 7 heteroatoms. The molecule has 2 atom stereocenters. The van der Waals surface area contributed by atoms with E-state index < -0.39 is 18.2 Å². The van der Waals surface area contributed by atoms with Crippen molar-refractivity contribution in [1.29, 1.82) is 0 Å². The number of carbonyl (C=O) groups is 1. The van der Waals surface area contributed by atoms with Crippen molar-refractivity contribution in [2.45, 2.75) is 18.6 Å². The number of carbonyl (C=O) groups excluding carboxylic acids is 1. The first kappa shape index (κ1) is 14.7. The first-order chi connectivity index (χ1) is 8.51. The molecule has 0 fully saturated rings. The predicted octanol–water partition coefficient (Wildman–Crippen LogP) is 0.165. The van der Waals surface area contributed by atoms with E-state index >= 15 is 0 Å². The third-order valence-electron chi connectivity index (χ3n) is 2.48. The summed E-state index contributed by atoms with van der Waals surface area (Å²) in [6.45, 7) is 0. The molecule has 1 rings (SSSR count). The van der Waals surface area contributed by atoms with Crippen LogP contribution in [0.1, 0.15) is 28.4 Å². The van der Waals surface area contributed by atoms with Gasteiger partial charge in [-0.3, -0.25) is 0 Å². The number of hydrogen-bond donors (Lipinski definition) is 4. The Morgan fingerprint density at radius 3 is 2.83 bits per heavy atom. The number of nitrogens with two attached hydrogens (primary N) is 1. The number of aromatic nitrogens is 1. The lowest BCUT2D eigenvalue weighted by Gasteiger charge is -2.17. The van der Waals surface area contributed by atoms with Crippen LogP contribution in [0, 0.1) is 0 Å². The number of nitrogen functional groups attached to an aromatic ring is 1. The van der Waals surface area contributed by atoms with Crippen molar-refractivity contribution in [2.24, 2.45) is 0 Å². The molecule has 0 spiro atoms. The quantitative estimate of drug-likeness (QED) is 0.449. The van der Waals surface area contributed by atoms with E-state index in [-0.39, 0.29) is 11.4 Å². The number of nitrogens with zero attached hydrogens (tertiary/aromatic N) is 1. The van der Waals surface area contributed by atoms with Crippen LogP contribution in [0.5, 0.6) is 0 Å². The van der Waals surface area contributed by atoms with E-state index in [1.807, 2.05) is 0 Å². The molecule has 0 aliphatic carbocycles. The number of aliphatic hydroxyl groups is 2. The molecule has 0 saturated heterocycles. The van der Waals surface area contributed by atoms with E-state index in [1.165, 1.54) is 19.4 Å². The molecule has 0 bridgehead atoms. The standard InChI is InChI=1S/C11H16N2O4S/c1-17-11(16)7-4-6(5-13-10(7)12)9(15)8(14)2-3-18/h4-5,8-9,14-15,18H,2-3H2,1H3,(H2,12,13). The molecule has 0 aliphatic heterocycles. The lowest BCUT2D eigenvalue weighted by molar-refractivity contribution is 0.0169. The highest BCUT2D eigenvalue weighted by Crippen LogP contribution is 2.22. The third kappa shape index (κ3) is 3.34. The van der Waals surface area contributed by atoms with Gasteiger partial charge in [0.25, 0.3) is 0 Å². The van der Waals surface area contributed by atoms with Crippen LogP contribution in [0.4, 0.5) is 5.82 Å². The van der Waals surface area contributed by atoms with Crippen LogP contribution < -0.4 is 5.73 Å². The van der Waals surface area contributed by atoms with E-state index in [9.17, 15) is 15.0 Å². The van der Waals surface area contributed by atoms with Crippen LogP contribution in [-0.4, -0.2) is 40.1 Å². The largest absolute Gasteiger partial charge is 0.465 e. The maximum Gasteiger partial charge on any atom is 0.341 e. The molecule has 2 unspecified atom stereocenters. The van der Waals surface area contributed by atoms with Gasteiger partial charge in [0.15, 0.2) is 0 Å². The molecule has 1 aromatic heterocycles. The van der Waals surface area contributed by atoms with Crippen molar-refractivity contribution in [3.05, 3.63) is 23.4 Å². The number of hydrogen-bond acceptors (Lipinski definition) is 7. The fourth-order valence-electron chi connectivity index (χ4n) is 1.44. The SMILES string of the molecule is COC(=O)c1cc(C(O)C(O)CCS)cnc1N. The van der Waals surface area contributed by atoms with Gasteiger partial charge in [-0.15, -0.1) is 0 Å². The summed E-state index contributed by atoms with van der Waals surface area (Å²) in [7, 11) is 1.22. The van der Waals surface area contributed by atoms with E-state index in [1.54, 1.807) is 0 Å². The monoisotopic (exact) mass is 272 g/mol. The van der Waals surface area contributed by atoms with E-state index in [4.69, 9.17) is 5.73 Å². The Kier molecular flexibility index (Phi) is 5.39. The highest BCUT2D eigenvalue weighted by molar-refractivity contribution is 7.80. The zero-order valence-electron chi connectivity index (χ0n) is 9.91. The number of ether oxygens (including phenoxy) is 1. The minimum atomic E-state index is -1.14. The summed E-state index contributed by atoms with van der Waals surface area (Å²) in [4.78, 5) is 15.2. The molecular weight excluding hydrogens is 256 g/mol. The first-order valence-corrected chi connectivity index (χ1v) is 5.95. The number of anilines is 1. The highest BCUT2D eigenvalue weighted by Gasteiger charge is 2.21. The molecule has 18 heavy (non-hydrogen) atoms. The molecule has 100 valence electrons. The summed E-state index contributed by atoms with van der Waals surface area (Å²) in [5, 5.41) is 19.5. The second-order valence-corrected chi connectivity index (χ2v) is 4.16. The fraction of sp³-hybridized carbons (Fsp3) is 0.455. The Morgan fingerprint density at radius 1 is 1.61 bits per heavy atom. The molecular formula is C11H16N2O4S. The number of thiol groups is 1. The van der Waals surface area contributed by atoms with Crippen molar-refractivity contribution in [3.63, 3.8) is 0 Å². The molecule has 0 saturated carbocycles. The maximum atomic E-state index is 11.4. The molecule has 0 aliphatic rings. The topological polar surface area (TPSA) is 106 Å². The highest BCUT2D eigenvalue weighted by atomic mass is 32.1. The van der Waals surface area contributed by atoms with Crippen LogP contribution in [0.25, 0.3) is 0 Å². The van der Waals surface area contributed by atoms with Crippen LogP contribution >= 0.6 is 12.6 Å². The van der Waals surface area contributed by atoms with Gasteiger partial charge in [-0.25, -0.2) is 9.78 Å². The lowest BCUT2D eigenvalue weighted by atomic mass is 10.0. The van der Waals surface area contributed by atoms with Crippen molar-refractivity contribution in [3.8, 4) is 0 Å². The first-order valence-electron chi connectivity index (χ1n) is 5.32. The van der Waals surface area contributed by atoms with Crippen LogP contribution in [-0.2, 0) is 4.74 Å². The normalized spacial score (nSPS) is 14.0. The zero-order valence-corrected chi connectivity index (χ0v) is 10.8. The zero-order chi connectivity index (χ0) is 13.7. The van der Waals surface area contributed by atoms with Gasteiger partial charge in [0.1, 0.15) is 17.5 Å². The smallest absolute Gasteiger partial charge is 0.341 e. The summed E-state index contributed by atoms with van der Waals surface area (Å²) < 4.78 is 4.54. The number of methoxy groups -OCH3 is 1. The van der Waals surface area contributed by atoms with Gasteiger partial charge in [-0.1, -0.05) is 0 Å². The Balaban J connectivity index is 3.00. The number of pyridine rings is 1. The van der Waals surface area contributed by atoms with Crippen molar-refractivity contribution in [1.82, 2.24) is 4.98 Å². The van der Waals surface area contributed by atoms with E-state index in [0.29, 0.717) is 17.7 Å². The fourth-order valence-corrected chi connectivity index (χ4v) is 1.70. The summed E-state index contributed by atoms with van der Waals surface area (Å²) in [6, 6.07) is 1.36. The summed E-state index contributed by atoms with van der Waals surface area (Å²) >= 11 is 3.97. The summed E-state index contributed by atoms with van der Waals surface area (Å²) in [5.41, 5.74) is 5.90. The maximum absolute atomic E-state index is 11.4. The van der Waals surface area contributed by atoms with Gasteiger partial charge in [-0.2, -0.15) is 12.6 Å². The van der Waals surface area contributed by atoms with Crippen molar-refractivity contribution in [2.75, 3.05) is 18.6 Å². The molecule has 0 aromatic carbocycles. The van der Waals surface area contributed by atoms with E-state index in [2.05, 4.69) is 22.3 Å². The van der Waals surface area contributed by atoms with Crippen molar-refractivity contribution >= 4 is 24.4 Å². The van der Waals surface area contributed by atoms with Crippen LogP contribution in [0.2, 0.25) is 0 Å². The Morgan fingerprint density at radius 2 is 2.28 bits per heavy atom. The Bertz CT molecular complexity index is 428. The number of aliphatic hydroxyl groups excluding tert-OH is 2. The molecule has 4 N–H and O–H groups in total. The predicted molar refractivity (Wildman–Crippen MR) is 69.4 cm³/mol. The second kappa shape index (κ2) is 6.58.